The molecule has 22 heavy (non-hydrogen) atoms. The van der Waals surface area contributed by atoms with Gasteiger partial charge in [0.15, 0.2) is 0 Å². The van der Waals surface area contributed by atoms with Crippen LogP contribution in [-0.4, -0.2) is 20.9 Å². The first kappa shape index (κ1) is 13.8. The molecule has 3 rings (SSSR count). The number of H-pyrrole nitrogens is 1. The van der Waals surface area contributed by atoms with Crippen molar-refractivity contribution in [3.8, 4) is 11.6 Å². The highest BCUT2D eigenvalue weighted by Gasteiger charge is 2.14. The fraction of sp³-hybridized carbons (Fsp3) is 0.0625. The van der Waals surface area contributed by atoms with Crippen molar-refractivity contribution in [2.24, 2.45) is 4.99 Å². The molecule has 6 heteroatoms. The molecule has 1 aromatic heterocycles. The summed E-state index contributed by atoms with van der Waals surface area (Å²) in [7, 11) is 0. The van der Waals surface area contributed by atoms with Gasteiger partial charge in [-0.05, 0) is 42.8 Å². The zero-order valence-corrected chi connectivity index (χ0v) is 11.8. The summed E-state index contributed by atoms with van der Waals surface area (Å²) in [5, 5.41) is 10.4. The van der Waals surface area contributed by atoms with Crippen molar-refractivity contribution in [2.45, 2.75) is 6.92 Å². The molecule has 6 nitrogen and oxygen atoms in total. The molecule has 0 amide bonds. The van der Waals surface area contributed by atoms with Gasteiger partial charge in [0.05, 0.1) is 11.4 Å². The Hall–Kier alpha value is -3.15. The molecule has 0 saturated carbocycles. The van der Waals surface area contributed by atoms with Crippen molar-refractivity contribution in [2.75, 3.05) is 0 Å². The van der Waals surface area contributed by atoms with E-state index in [9.17, 15) is 14.7 Å². The number of aromatic amines is 1. The van der Waals surface area contributed by atoms with Crippen molar-refractivity contribution in [3.05, 3.63) is 74.1 Å². The molecule has 2 heterocycles. The van der Waals surface area contributed by atoms with Gasteiger partial charge in [0.2, 0.25) is 5.88 Å². The predicted octanol–water partition coefficient (Wildman–Crippen LogP) is 1.52. The largest absolute Gasteiger partial charge is 0.494 e. The van der Waals surface area contributed by atoms with Crippen LogP contribution < -0.4 is 11.2 Å². The first-order valence-corrected chi connectivity index (χ1v) is 6.64. The smallest absolute Gasteiger partial charge is 0.335 e. The summed E-state index contributed by atoms with van der Waals surface area (Å²) in [4.78, 5) is 30.2. The topological polar surface area (TPSA) is 87.4 Å². The lowest BCUT2D eigenvalue weighted by atomic mass is 10.2. The Labute approximate surface area is 125 Å². The van der Waals surface area contributed by atoms with E-state index in [0.29, 0.717) is 11.4 Å². The van der Waals surface area contributed by atoms with Crippen molar-refractivity contribution in [3.63, 3.8) is 0 Å². The van der Waals surface area contributed by atoms with Crippen LogP contribution in [0, 0.1) is 6.92 Å². The van der Waals surface area contributed by atoms with E-state index in [1.165, 1.54) is 6.08 Å². The lowest BCUT2D eigenvalue weighted by Gasteiger charge is -2.10. The van der Waals surface area contributed by atoms with Gasteiger partial charge >= 0.3 is 5.69 Å². The molecule has 110 valence electrons. The van der Waals surface area contributed by atoms with Crippen LogP contribution in [0.15, 0.2) is 56.7 Å². The number of benzene rings is 1. The van der Waals surface area contributed by atoms with Crippen molar-refractivity contribution >= 4 is 12.3 Å². The van der Waals surface area contributed by atoms with Crippen molar-refractivity contribution in [1.82, 2.24) is 9.55 Å². The van der Waals surface area contributed by atoms with Crippen LogP contribution in [0.3, 0.4) is 0 Å². The summed E-state index contributed by atoms with van der Waals surface area (Å²) < 4.78 is 1.06. The number of aromatic hydroxyl groups is 1. The normalized spacial score (nSPS) is 14.9. The van der Waals surface area contributed by atoms with E-state index in [-0.39, 0.29) is 5.56 Å². The molecule has 0 atom stereocenters. The summed E-state index contributed by atoms with van der Waals surface area (Å²) in [6, 6.07) is 7.06. The number of aliphatic imine (C=N–C) groups is 1. The minimum absolute atomic E-state index is 0.0141. The Morgan fingerprint density at radius 2 is 2.14 bits per heavy atom. The van der Waals surface area contributed by atoms with Gasteiger partial charge in [0, 0.05) is 6.21 Å². The maximum Gasteiger partial charge on any atom is 0.335 e. The predicted molar refractivity (Wildman–Crippen MR) is 84.7 cm³/mol. The lowest BCUT2D eigenvalue weighted by molar-refractivity contribution is 0.429. The van der Waals surface area contributed by atoms with E-state index in [1.54, 1.807) is 36.6 Å². The number of nitrogens with zero attached hydrogens (tertiary/aromatic N) is 2. The van der Waals surface area contributed by atoms with Gasteiger partial charge in [-0.3, -0.25) is 14.8 Å². The second-order valence-electron chi connectivity index (χ2n) is 4.88. The Bertz CT molecular complexity index is 932. The monoisotopic (exact) mass is 295 g/mol. The summed E-state index contributed by atoms with van der Waals surface area (Å²) in [5.74, 6) is -0.414. The molecule has 0 aliphatic carbocycles. The van der Waals surface area contributed by atoms with Gasteiger partial charge in [0.1, 0.15) is 5.56 Å². The van der Waals surface area contributed by atoms with Gasteiger partial charge < -0.3 is 5.11 Å². The average molecular weight is 295 g/mol. The fourth-order valence-corrected chi connectivity index (χ4v) is 2.22. The quantitative estimate of drug-likeness (QED) is 0.880. The zero-order valence-electron chi connectivity index (χ0n) is 11.8. The van der Waals surface area contributed by atoms with E-state index < -0.39 is 17.1 Å². The van der Waals surface area contributed by atoms with Crippen LogP contribution in [0.4, 0.5) is 0 Å². The molecule has 0 fully saturated rings. The first-order valence-electron chi connectivity index (χ1n) is 6.64. The third kappa shape index (κ3) is 2.42. The third-order valence-electron chi connectivity index (χ3n) is 3.25. The van der Waals surface area contributed by atoms with E-state index in [4.69, 9.17) is 0 Å². The second-order valence-corrected chi connectivity index (χ2v) is 4.88. The van der Waals surface area contributed by atoms with Crippen LogP contribution in [0.2, 0.25) is 0 Å². The number of allylic oxidation sites excluding steroid dienone is 2. The molecule has 2 N–H and O–H groups in total. The number of hydrogen-bond donors (Lipinski definition) is 2. The fourth-order valence-electron chi connectivity index (χ4n) is 2.22. The highest BCUT2D eigenvalue weighted by atomic mass is 16.3. The molecule has 0 radical (unpaired) electrons. The Balaban J connectivity index is 2.26. The molecule has 1 aliphatic heterocycles. The number of aromatic nitrogens is 2. The minimum Gasteiger partial charge on any atom is -0.494 e. The zero-order chi connectivity index (χ0) is 15.7. The van der Waals surface area contributed by atoms with Gasteiger partial charge in [-0.1, -0.05) is 12.1 Å². The average Bonchev–Trinajstić information content (AvgIpc) is 2.96. The SMILES string of the molecule is Cc1cccc(-n2c(O)c(/C=C3\C=CC=N3)c(=O)[nH]c2=O)c1. The van der Waals surface area contributed by atoms with E-state index >= 15 is 0 Å². The van der Waals surface area contributed by atoms with Crippen molar-refractivity contribution < 1.29 is 5.11 Å². The van der Waals surface area contributed by atoms with Crippen LogP contribution in [0.25, 0.3) is 11.8 Å². The molecule has 0 spiro atoms. The standard InChI is InChI=1S/C16H13N3O3/c1-10-4-2-6-12(8-10)19-15(21)13(14(20)18-16(19)22)9-11-5-3-7-17-11/h2-9,21H,1H3,(H,18,20,22)/b11-9+. The molecular formula is C16H13N3O3. The summed E-state index contributed by atoms with van der Waals surface area (Å²) in [6.45, 7) is 1.87. The minimum atomic E-state index is -0.694. The summed E-state index contributed by atoms with van der Waals surface area (Å²) in [5.41, 5.74) is 0.562. The molecule has 1 aliphatic rings. The number of rotatable bonds is 2. The number of nitrogens with one attached hydrogen (secondary N) is 1. The third-order valence-corrected chi connectivity index (χ3v) is 3.25. The molecule has 0 saturated heterocycles. The highest BCUT2D eigenvalue weighted by molar-refractivity contribution is 5.79. The van der Waals surface area contributed by atoms with E-state index in [1.807, 2.05) is 13.0 Å². The van der Waals surface area contributed by atoms with Crippen molar-refractivity contribution in [1.29, 1.82) is 0 Å². The van der Waals surface area contributed by atoms with Crippen LogP contribution in [0.5, 0.6) is 5.88 Å². The molecule has 0 unspecified atom stereocenters. The first-order chi connectivity index (χ1) is 10.6. The second kappa shape index (κ2) is 5.33. The number of hydrogen-bond acceptors (Lipinski definition) is 4. The molecule has 1 aromatic carbocycles. The maximum absolute atomic E-state index is 12.0. The Kier molecular flexibility index (Phi) is 3.34. The molecule has 2 aromatic rings. The van der Waals surface area contributed by atoms with E-state index in [0.717, 1.165) is 10.1 Å². The Morgan fingerprint density at radius 1 is 1.32 bits per heavy atom. The van der Waals surface area contributed by atoms with Crippen LogP contribution in [-0.2, 0) is 0 Å². The number of aryl methyl sites for hydroxylation is 1. The maximum atomic E-state index is 12.0. The molecule has 0 bridgehead atoms. The summed E-state index contributed by atoms with van der Waals surface area (Å²) in [6.07, 6.45) is 6.42. The highest BCUT2D eigenvalue weighted by Crippen LogP contribution is 2.20. The summed E-state index contributed by atoms with van der Waals surface area (Å²) >= 11 is 0. The van der Waals surface area contributed by atoms with Gasteiger partial charge in [-0.15, -0.1) is 0 Å². The van der Waals surface area contributed by atoms with Crippen LogP contribution in [0.1, 0.15) is 11.1 Å². The van der Waals surface area contributed by atoms with Gasteiger partial charge in [0.25, 0.3) is 5.56 Å². The Morgan fingerprint density at radius 3 is 2.82 bits per heavy atom. The van der Waals surface area contributed by atoms with E-state index in [2.05, 4.69) is 9.98 Å². The molecular weight excluding hydrogens is 282 g/mol. The van der Waals surface area contributed by atoms with Gasteiger partial charge in [-0.2, -0.15) is 0 Å². The van der Waals surface area contributed by atoms with Crippen LogP contribution >= 0.6 is 0 Å². The van der Waals surface area contributed by atoms with Gasteiger partial charge in [-0.25, -0.2) is 9.36 Å². The lowest BCUT2D eigenvalue weighted by Crippen LogP contribution is -2.30.